The Morgan fingerprint density at radius 2 is 0.955 bits per heavy atom. The van der Waals surface area contributed by atoms with Gasteiger partial charge in [0.1, 0.15) is 11.2 Å². The number of methoxy groups -OCH3 is 4. The number of rotatable bonds is 12. The predicted molar refractivity (Wildman–Crippen MR) is 249 cm³/mol. The number of carbonyl (C=O) groups excluding carboxylic acids is 2. The number of cyclic esters (lactones) is 2. The molecule has 4 N–H and O–H groups in total. The van der Waals surface area contributed by atoms with Gasteiger partial charge in [0, 0.05) is 97.6 Å². The van der Waals surface area contributed by atoms with Gasteiger partial charge < -0.3 is 39.9 Å². The second kappa shape index (κ2) is 18.2. The third kappa shape index (κ3) is 9.27. The van der Waals surface area contributed by atoms with Gasteiger partial charge in [0.2, 0.25) is 11.8 Å². The van der Waals surface area contributed by atoms with Crippen LogP contribution in [0.1, 0.15) is 133 Å². The molecule has 348 valence electrons. The Kier molecular flexibility index (Phi) is 13.2. The Bertz CT molecular complexity index is 2640. The highest BCUT2D eigenvalue weighted by Gasteiger charge is 2.41. The van der Waals surface area contributed by atoms with E-state index in [0.29, 0.717) is 48.9 Å². The molecule has 66 heavy (non-hydrogen) atoms. The Hall–Kier alpha value is -6.20. The highest BCUT2D eigenvalue weighted by atomic mass is 16.6. The zero-order valence-electron chi connectivity index (χ0n) is 39.9. The number of hydrogen-bond acceptors (Lipinski definition) is 16. The fourth-order valence-corrected chi connectivity index (χ4v) is 8.52. The fraction of sp³-hybridized carbons (Fsp3) is 0.440. The molecule has 2 aliphatic heterocycles. The van der Waals surface area contributed by atoms with Crippen molar-refractivity contribution in [1.29, 1.82) is 0 Å². The third-order valence-corrected chi connectivity index (χ3v) is 12.8. The van der Waals surface area contributed by atoms with Crippen LogP contribution in [0, 0.1) is 0 Å². The van der Waals surface area contributed by atoms with Crippen molar-refractivity contribution < 1.29 is 38.0 Å². The van der Waals surface area contributed by atoms with E-state index in [1.165, 1.54) is 0 Å². The number of esters is 2. The average Bonchev–Trinajstić information content (AvgIpc) is 3.26. The van der Waals surface area contributed by atoms with Gasteiger partial charge in [-0.05, 0) is 88.7 Å². The van der Waals surface area contributed by atoms with Gasteiger partial charge in [-0.1, -0.05) is 13.8 Å². The van der Waals surface area contributed by atoms with Gasteiger partial charge in [-0.15, -0.1) is 0 Å². The van der Waals surface area contributed by atoms with Crippen LogP contribution in [0.2, 0.25) is 0 Å². The molecule has 8 heterocycles. The largest absolute Gasteiger partial charge is 0.481 e. The van der Waals surface area contributed by atoms with Crippen molar-refractivity contribution in [2.45, 2.75) is 102 Å². The molecular weight excluding hydrogens is 841 g/mol. The summed E-state index contributed by atoms with van der Waals surface area (Å²) in [6.07, 6.45) is 7.98. The van der Waals surface area contributed by atoms with Crippen LogP contribution < -0.4 is 20.9 Å². The summed E-state index contributed by atoms with van der Waals surface area (Å²) in [5.41, 5.74) is 18.0. The summed E-state index contributed by atoms with van der Waals surface area (Å²) in [7, 11) is 6.40. The molecule has 2 aliphatic rings. The lowest BCUT2D eigenvalue weighted by Crippen LogP contribution is -2.39. The first-order valence-corrected chi connectivity index (χ1v) is 21.8. The van der Waals surface area contributed by atoms with Crippen LogP contribution in [0.3, 0.4) is 0 Å². The summed E-state index contributed by atoms with van der Waals surface area (Å²) in [5, 5.41) is 3.38. The standard InChI is InChI=1S/2C25H30N4O4/c2*1-14-21-17(23(30)33-24(14,2)3)8-7-15(29-21)9-16-10-18-19(11-27-16)22(32-6)28-12-20(18)25(4,26)13-31-5/h2*7-8,10-12,14H,9,13,26H2,1-6H3/t14-,25+;14-,25-/m11/s1. The zero-order chi connectivity index (χ0) is 47.9. The molecule has 0 bridgehead atoms. The lowest BCUT2D eigenvalue weighted by molar-refractivity contribution is -0.0200. The molecule has 8 rings (SSSR count). The Labute approximate surface area is 385 Å². The number of nitrogens with zero attached hydrogens (tertiary/aromatic N) is 6. The first-order valence-electron chi connectivity index (χ1n) is 21.8. The molecule has 6 aromatic heterocycles. The van der Waals surface area contributed by atoms with E-state index < -0.39 is 22.3 Å². The maximum atomic E-state index is 12.4. The van der Waals surface area contributed by atoms with Crippen LogP contribution in [0.4, 0.5) is 0 Å². The maximum Gasteiger partial charge on any atom is 0.340 e. The minimum absolute atomic E-state index is 0.0244. The predicted octanol–water partition coefficient (Wildman–Crippen LogP) is 6.99. The van der Waals surface area contributed by atoms with Gasteiger partial charge >= 0.3 is 11.9 Å². The molecule has 0 unspecified atom stereocenters. The van der Waals surface area contributed by atoms with Crippen molar-refractivity contribution in [1.82, 2.24) is 29.9 Å². The van der Waals surface area contributed by atoms with E-state index in [1.807, 2.05) is 79.7 Å². The minimum Gasteiger partial charge on any atom is -0.481 e. The topological polar surface area (TPSA) is 219 Å². The van der Waals surface area contributed by atoms with Crippen LogP contribution >= 0.6 is 0 Å². The number of hydrogen-bond donors (Lipinski definition) is 2. The zero-order valence-corrected chi connectivity index (χ0v) is 39.9. The first kappa shape index (κ1) is 47.8. The highest BCUT2D eigenvalue weighted by molar-refractivity contribution is 5.93. The molecule has 0 amide bonds. The van der Waals surface area contributed by atoms with Gasteiger partial charge in [0.25, 0.3) is 0 Å². The quantitative estimate of drug-likeness (QED) is 0.118. The van der Waals surface area contributed by atoms with Crippen molar-refractivity contribution in [3.8, 4) is 11.8 Å². The summed E-state index contributed by atoms with van der Waals surface area (Å²) in [4.78, 5) is 52.5. The van der Waals surface area contributed by atoms with Crippen molar-refractivity contribution >= 4 is 33.5 Å². The van der Waals surface area contributed by atoms with Gasteiger partial charge in [0.05, 0.1) is 71.8 Å². The van der Waals surface area contributed by atoms with Crippen LogP contribution in [0.5, 0.6) is 11.8 Å². The maximum absolute atomic E-state index is 12.4. The minimum atomic E-state index is -0.740. The summed E-state index contributed by atoms with van der Waals surface area (Å²) < 4.78 is 32.7. The Balaban J connectivity index is 0.000000196. The van der Waals surface area contributed by atoms with Crippen molar-refractivity contribution in [2.24, 2.45) is 11.5 Å². The average molecular weight is 901 g/mol. The number of carbonyl (C=O) groups is 2. The van der Waals surface area contributed by atoms with E-state index in [0.717, 1.165) is 66.8 Å². The normalized spacial score (nSPS) is 19.0. The van der Waals surface area contributed by atoms with Gasteiger partial charge in [-0.2, -0.15) is 0 Å². The van der Waals surface area contributed by atoms with E-state index in [9.17, 15) is 9.59 Å². The first-order chi connectivity index (χ1) is 31.1. The molecule has 0 aliphatic carbocycles. The number of ether oxygens (including phenoxy) is 6. The van der Waals surface area contributed by atoms with E-state index in [4.69, 9.17) is 49.9 Å². The SMILES string of the molecule is COC[C@@](C)(N)c1cnc(OC)c2cnc(Cc3ccc4c(n3)[C@@H](C)C(C)(C)OC4=O)cc12.COC[C@](C)(N)c1cnc(OC)c2cnc(Cc3ccc4c(n3)[C@@H](C)C(C)(C)OC4=O)cc12. The van der Waals surface area contributed by atoms with E-state index in [-0.39, 0.29) is 23.8 Å². The lowest BCUT2D eigenvalue weighted by Gasteiger charge is -2.36. The Morgan fingerprint density at radius 1 is 0.576 bits per heavy atom. The Morgan fingerprint density at radius 3 is 1.30 bits per heavy atom. The molecule has 16 nitrogen and oxygen atoms in total. The second-order valence-electron chi connectivity index (χ2n) is 18.8. The van der Waals surface area contributed by atoms with E-state index >= 15 is 0 Å². The van der Waals surface area contributed by atoms with E-state index in [1.54, 1.807) is 65.4 Å². The fourth-order valence-electron chi connectivity index (χ4n) is 8.52. The summed E-state index contributed by atoms with van der Waals surface area (Å²) >= 11 is 0. The number of nitrogens with two attached hydrogens (primary N) is 2. The molecule has 0 saturated heterocycles. The molecule has 4 atom stereocenters. The molecule has 0 fully saturated rings. The second-order valence-corrected chi connectivity index (χ2v) is 18.8. The smallest absolute Gasteiger partial charge is 0.340 e. The summed E-state index contributed by atoms with van der Waals surface area (Å²) in [5.74, 6) is 0.262. The van der Waals surface area contributed by atoms with Crippen LogP contribution in [0.15, 0.2) is 61.2 Å². The van der Waals surface area contributed by atoms with Crippen molar-refractivity contribution in [3.63, 3.8) is 0 Å². The van der Waals surface area contributed by atoms with Gasteiger partial charge in [-0.3, -0.25) is 19.9 Å². The lowest BCUT2D eigenvalue weighted by atomic mass is 9.84. The number of pyridine rings is 6. The van der Waals surface area contributed by atoms with Gasteiger partial charge in [0.15, 0.2) is 0 Å². The van der Waals surface area contributed by atoms with Crippen LogP contribution in [-0.4, -0.2) is 94.7 Å². The molecular formula is C50H60N8O8. The number of fused-ring (bicyclic) bond motifs is 4. The van der Waals surface area contributed by atoms with Crippen LogP contribution in [0.25, 0.3) is 21.5 Å². The highest BCUT2D eigenvalue weighted by Crippen LogP contribution is 2.40. The molecule has 0 spiro atoms. The van der Waals surface area contributed by atoms with E-state index in [2.05, 4.69) is 19.9 Å². The monoisotopic (exact) mass is 900 g/mol. The summed E-state index contributed by atoms with van der Waals surface area (Å²) in [6.45, 7) is 16.2. The summed E-state index contributed by atoms with van der Waals surface area (Å²) in [6, 6.07) is 11.3. The van der Waals surface area contributed by atoms with Crippen LogP contribution in [-0.2, 0) is 42.9 Å². The molecule has 16 heteroatoms. The molecule has 0 aromatic carbocycles. The third-order valence-electron chi connectivity index (χ3n) is 12.8. The molecule has 0 radical (unpaired) electrons. The molecule has 6 aromatic rings. The van der Waals surface area contributed by atoms with Crippen molar-refractivity contribution in [3.05, 3.63) is 118 Å². The van der Waals surface area contributed by atoms with Crippen molar-refractivity contribution in [2.75, 3.05) is 41.7 Å². The van der Waals surface area contributed by atoms with Gasteiger partial charge in [-0.25, -0.2) is 19.6 Å². The molecule has 0 saturated carbocycles. The number of aromatic nitrogens is 6.